The molecule has 0 saturated carbocycles. The molecule has 1 unspecified atom stereocenters. The van der Waals surface area contributed by atoms with E-state index in [4.69, 9.17) is 4.74 Å². The van der Waals surface area contributed by atoms with Crippen molar-refractivity contribution in [2.24, 2.45) is 5.92 Å². The van der Waals surface area contributed by atoms with Gasteiger partial charge in [0, 0.05) is 32.8 Å². The normalized spacial score (nSPS) is 16.5. The number of aromatic nitrogens is 3. The van der Waals surface area contributed by atoms with Crippen LogP contribution in [0.1, 0.15) is 29.5 Å². The molecule has 7 nitrogen and oxygen atoms in total. The zero-order valence-electron chi connectivity index (χ0n) is 15.7. The number of carbonyl (C=O) groups excluding carboxylic acids is 2. The van der Waals surface area contributed by atoms with Gasteiger partial charge in [-0.15, -0.1) is 0 Å². The van der Waals surface area contributed by atoms with Crippen LogP contribution >= 0.6 is 0 Å². The molecule has 7 heteroatoms. The van der Waals surface area contributed by atoms with E-state index in [1.165, 1.54) is 6.92 Å². The fraction of sp³-hybridized carbons (Fsp3) is 0.333. The van der Waals surface area contributed by atoms with Crippen LogP contribution in [0.15, 0.2) is 48.7 Å². The molecule has 3 aromatic rings. The van der Waals surface area contributed by atoms with Crippen molar-refractivity contribution in [3.05, 3.63) is 60.0 Å². The van der Waals surface area contributed by atoms with E-state index < -0.39 is 0 Å². The van der Waals surface area contributed by atoms with E-state index in [1.54, 1.807) is 11.1 Å². The fourth-order valence-corrected chi connectivity index (χ4v) is 3.62. The number of hydrogen-bond donors (Lipinski definition) is 0. The lowest BCUT2D eigenvalue weighted by atomic mass is 10.1. The van der Waals surface area contributed by atoms with Crippen molar-refractivity contribution in [1.29, 1.82) is 0 Å². The van der Waals surface area contributed by atoms with E-state index in [0.717, 1.165) is 12.0 Å². The Labute approximate surface area is 163 Å². The molecule has 1 aromatic carbocycles. The number of rotatable bonds is 5. The number of pyridine rings is 1. The third-order valence-corrected chi connectivity index (χ3v) is 5.01. The maximum Gasteiger partial charge on any atom is 0.410 e. The zero-order valence-corrected chi connectivity index (χ0v) is 15.7. The second-order valence-corrected chi connectivity index (χ2v) is 7.09. The maximum absolute atomic E-state index is 12.4. The van der Waals surface area contributed by atoms with E-state index in [-0.39, 0.29) is 24.4 Å². The highest BCUT2D eigenvalue weighted by atomic mass is 16.6. The van der Waals surface area contributed by atoms with Gasteiger partial charge in [0.15, 0.2) is 17.3 Å². The topological polar surface area (TPSA) is 77.3 Å². The Morgan fingerprint density at radius 2 is 2.00 bits per heavy atom. The molecule has 1 fully saturated rings. The Balaban J connectivity index is 1.41. The highest BCUT2D eigenvalue weighted by Crippen LogP contribution is 2.23. The summed E-state index contributed by atoms with van der Waals surface area (Å²) in [6, 6.07) is 13.3. The van der Waals surface area contributed by atoms with E-state index in [2.05, 4.69) is 9.97 Å². The first-order valence-electron chi connectivity index (χ1n) is 9.39. The average molecular weight is 378 g/mol. The Morgan fingerprint density at radius 1 is 1.18 bits per heavy atom. The summed E-state index contributed by atoms with van der Waals surface area (Å²) in [6.07, 6.45) is 2.25. The monoisotopic (exact) mass is 378 g/mol. The first-order valence-corrected chi connectivity index (χ1v) is 9.39. The minimum atomic E-state index is -0.299. The lowest BCUT2D eigenvalue weighted by molar-refractivity contribution is 0.0991. The highest BCUT2D eigenvalue weighted by molar-refractivity contribution is 5.94. The Hall–Kier alpha value is -3.22. The second-order valence-electron chi connectivity index (χ2n) is 7.09. The van der Waals surface area contributed by atoms with E-state index in [0.29, 0.717) is 36.6 Å². The van der Waals surface area contributed by atoms with Crippen LogP contribution in [0.25, 0.3) is 11.2 Å². The number of amides is 1. The number of nitrogens with zero attached hydrogens (tertiary/aromatic N) is 4. The van der Waals surface area contributed by atoms with Gasteiger partial charge in [0.05, 0.1) is 0 Å². The van der Waals surface area contributed by atoms with Crippen LogP contribution < -0.4 is 0 Å². The smallest absolute Gasteiger partial charge is 0.410 e. The van der Waals surface area contributed by atoms with Crippen molar-refractivity contribution in [1.82, 2.24) is 19.4 Å². The molecule has 3 heterocycles. The van der Waals surface area contributed by atoms with Crippen molar-refractivity contribution in [2.45, 2.75) is 26.5 Å². The molecule has 144 valence electrons. The van der Waals surface area contributed by atoms with E-state index in [9.17, 15) is 9.59 Å². The number of carbonyl (C=O) groups is 2. The van der Waals surface area contributed by atoms with Crippen molar-refractivity contribution in [3.8, 4) is 0 Å². The Bertz CT molecular complexity index is 999. The third kappa shape index (κ3) is 3.74. The number of hydrogen-bond acceptors (Lipinski definition) is 5. The number of ether oxygens (including phenoxy) is 1. The number of fused-ring (bicyclic) bond motifs is 1. The molecule has 1 aliphatic heterocycles. The third-order valence-electron chi connectivity index (χ3n) is 5.01. The summed E-state index contributed by atoms with van der Waals surface area (Å²) < 4.78 is 7.31. The second kappa shape index (κ2) is 7.80. The largest absolute Gasteiger partial charge is 0.445 e. The molecule has 1 atom stereocenters. The molecule has 2 aromatic heterocycles. The number of likely N-dealkylation sites (tertiary alicyclic amines) is 1. The van der Waals surface area contributed by atoms with Gasteiger partial charge >= 0.3 is 6.09 Å². The molecule has 4 rings (SSSR count). The molecule has 0 radical (unpaired) electrons. The van der Waals surface area contributed by atoms with Crippen molar-refractivity contribution < 1.29 is 14.3 Å². The number of imidazole rings is 1. The molecule has 1 aliphatic rings. The van der Waals surface area contributed by atoms with Gasteiger partial charge in [-0.05, 0) is 30.0 Å². The lowest BCUT2D eigenvalue weighted by Crippen LogP contribution is -2.30. The predicted molar refractivity (Wildman–Crippen MR) is 104 cm³/mol. The summed E-state index contributed by atoms with van der Waals surface area (Å²) in [5.74, 6) is 0.552. The number of ketones is 1. The number of benzene rings is 1. The summed E-state index contributed by atoms with van der Waals surface area (Å²) in [5.41, 5.74) is 2.39. The van der Waals surface area contributed by atoms with Crippen molar-refractivity contribution >= 4 is 23.0 Å². The summed E-state index contributed by atoms with van der Waals surface area (Å²) in [5, 5.41) is 0. The van der Waals surface area contributed by atoms with Crippen LogP contribution in [0.3, 0.4) is 0 Å². The molecule has 1 amide bonds. The van der Waals surface area contributed by atoms with Crippen molar-refractivity contribution in [2.75, 3.05) is 13.1 Å². The molecule has 0 N–H and O–H groups in total. The molecule has 28 heavy (non-hydrogen) atoms. The van der Waals surface area contributed by atoms with Gasteiger partial charge < -0.3 is 14.2 Å². The maximum atomic E-state index is 12.4. The standard InChI is InChI=1S/C21H22N4O3/c1-15(26)19-23-18-8-5-10-22-20(18)25(19)13-17-9-11-24(12-17)21(27)28-14-16-6-3-2-4-7-16/h2-8,10,17H,9,11-14H2,1H3. The average Bonchev–Trinajstić information content (AvgIpc) is 3.33. The Kier molecular flexibility index (Phi) is 5.06. The van der Waals surface area contributed by atoms with Crippen LogP contribution in [-0.2, 0) is 17.9 Å². The molecule has 1 saturated heterocycles. The Morgan fingerprint density at radius 3 is 2.79 bits per heavy atom. The van der Waals surface area contributed by atoms with Gasteiger partial charge in [-0.2, -0.15) is 0 Å². The fourth-order valence-electron chi connectivity index (χ4n) is 3.62. The highest BCUT2D eigenvalue weighted by Gasteiger charge is 2.29. The lowest BCUT2D eigenvalue weighted by Gasteiger charge is -2.17. The molecule has 0 aliphatic carbocycles. The summed E-state index contributed by atoms with van der Waals surface area (Å²) in [4.78, 5) is 34.9. The van der Waals surface area contributed by atoms with Gasteiger partial charge in [-0.1, -0.05) is 30.3 Å². The minimum absolute atomic E-state index is 0.0878. The van der Waals surface area contributed by atoms with Crippen molar-refractivity contribution in [3.63, 3.8) is 0 Å². The quantitative estimate of drug-likeness (QED) is 0.637. The van der Waals surface area contributed by atoms with Gasteiger partial charge in [0.25, 0.3) is 0 Å². The predicted octanol–water partition coefficient (Wildman–Crippen LogP) is 3.29. The van der Waals surface area contributed by atoms with E-state index in [1.807, 2.05) is 47.0 Å². The van der Waals surface area contributed by atoms with Crippen LogP contribution in [0.2, 0.25) is 0 Å². The first-order chi connectivity index (χ1) is 13.6. The van der Waals surface area contributed by atoms with Gasteiger partial charge in [0.1, 0.15) is 12.1 Å². The minimum Gasteiger partial charge on any atom is -0.445 e. The molecular formula is C21H22N4O3. The molecule has 0 spiro atoms. The number of Topliss-reactive ketones (excluding diaryl/α,β-unsaturated/α-hetero) is 1. The van der Waals surface area contributed by atoms with Gasteiger partial charge in [0.2, 0.25) is 0 Å². The zero-order chi connectivity index (χ0) is 19.5. The molecular weight excluding hydrogens is 356 g/mol. The van der Waals surface area contributed by atoms with Crippen LogP contribution in [0.4, 0.5) is 4.79 Å². The van der Waals surface area contributed by atoms with Crippen LogP contribution in [-0.4, -0.2) is 44.4 Å². The van der Waals surface area contributed by atoms with Gasteiger partial charge in [-0.25, -0.2) is 14.8 Å². The SMILES string of the molecule is CC(=O)c1nc2cccnc2n1CC1CCN(C(=O)OCc2ccccc2)C1. The summed E-state index contributed by atoms with van der Waals surface area (Å²) >= 11 is 0. The molecule has 0 bridgehead atoms. The summed E-state index contributed by atoms with van der Waals surface area (Å²) in [6.45, 7) is 3.63. The van der Waals surface area contributed by atoms with Crippen LogP contribution in [0.5, 0.6) is 0 Å². The van der Waals surface area contributed by atoms with Gasteiger partial charge in [-0.3, -0.25) is 4.79 Å². The first kappa shape index (κ1) is 18.2. The van der Waals surface area contributed by atoms with E-state index >= 15 is 0 Å². The van der Waals surface area contributed by atoms with Crippen LogP contribution in [0, 0.1) is 5.92 Å². The summed E-state index contributed by atoms with van der Waals surface area (Å²) in [7, 11) is 0.